The highest BCUT2D eigenvalue weighted by molar-refractivity contribution is 7.17. The summed E-state index contributed by atoms with van der Waals surface area (Å²) >= 11 is 6.89. The average molecular weight is 308 g/mol. The van der Waals surface area contributed by atoms with Crippen molar-refractivity contribution in [1.29, 1.82) is 0 Å². The molecule has 20 heavy (non-hydrogen) atoms. The summed E-state index contributed by atoms with van der Waals surface area (Å²) in [5.74, 6) is -0.0718. The summed E-state index contributed by atoms with van der Waals surface area (Å²) in [4.78, 5) is 14.4. The van der Waals surface area contributed by atoms with E-state index in [9.17, 15) is 4.79 Å². The molecule has 0 aliphatic heterocycles. The number of benzene rings is 1. The molecule has 2 aromatic rings. The van der Waals surface area contributed by atoms with Crippen molar-refractivity contribution in [3.8, 4) is 0 Å². The Hall–Kier alpha value is -1.46. The molecule has 1 aromatic heterocycles. The standard InChI is InChI=1S/C14H14ClN3OS/c1-9-2-4-10(5-3-9)8-18(11-6-7-11)13(19)12-16-17-14(15)20-12/h2-5,11H,6-8H2,1H3. The molecule has 0 spiro atoms. The van der Waals surface area contributed by atoms with Crippen LogP contribution < -0.4 is 0 Å². The number of hydrogen-bond acceptors (Lipinski definition) is 4. The fourth-order valence-electron chi connectivity index (χ4n) is 2.06. The Morgan fingerprint density at radius 3 is 2.60 bits per heavy atom. The molecule has 0 radical (unpaired) electrons. The summed E-state index contributed by atoms with van der Waals surface area (Å²) < 4.78 is 0.305. The first kappa shape index (κ1) is 13.5. The summed E-state index contributed by atoms with van der Waals surface area (Å²) in [5.41, 5.74) is 2.35. The summed E-state index contributed by atoms with van der Waals surface area (Å²) in [7, 11) is 0. The zero-order valence-electron chi connectivity index (χ0n) is 11.0. The number of nitrogens with zero attached hydrogens (tertiary/aromatic N) is 3. The number of aryl methyl sites for hydroxylation is 1. The number of carbonyl (C=O) groups excluding carboxylic acids is 1. The predicted molar refractivity (Wildman–Crippen MR) is 79.0 cm³/mol. The fraction of sp³-hybridized carbons (Fsp3) is 0.357. The van der Waals surface area contributed by atoms with Crippen molar-refractivity contribution in [2.75, 3.05) is 0 Å². The number of hydrogen-bond donors (Lipinski definition) is 0. The Bertz CT molecular complexity index is 622. The maximum atomic E-state index is 12.5. The molecule has 6 heteroatoms. The van der Waals surface area contributed by atoms with Crippen LogP contribution >= 0.6 is 22.9 Å². The van der Waals surface area contributed by atoms with Gasteiger partial charge < -0.3 is 4.90 Å². The van der Waals surface area contributed by atoms with Crippen LogP contribution in [-0.2, 0) is 6.54 Å². The van der Waals surface area contributed by atoms with E-state index in [-0.39, 0.29) is 5.91 Å². The normalized spacial score (nSPS) is 14.3. The number of carbonyl (C=O) groups is 1. The highest BCUT2D eigenvalue weighted by atomic mass is 35.5. The van der Waals surface area contributed by atoms with Gasteiger partial charge in [-0.05, 0) is 36.9 Å². The van der Waals surface area contributed by atoms with E-state index < -0.39 is 0 Å². The third-order valence-corrected chi connectivity index (χ3v) is 4.31. The number of rotatable bonds is 4. The molecule has 0 atom stereocenters. The Kier molecular flexibility index (Phi) is 3.72. The lowest BCUT2D eigenvalue weighted by Crippen LogP contribution is -2.32. The summed E-state index contributed by atoms with van der Waals surface area (Å²) in [5, 5.41) is 7.92. The minimum absolute atomic E-state index is 0.0718. The summed E-state index contributed by atoms with van der Waals surface area (Å²) in [6.45, 7) is 2.66. The largest absolute Gasteiger partial charge is 0.329 e. The van der Waals surface area contributed by atoms with Gasteiger partial charge in [0.05, 0.1) is 0 Å². The van der Waals surface area contributed by atoms with Crippen LogP contribution in [0.1, 0.15) is 33.8 Å². The van der Waals surface area contributed by atoms with Gasteiger partial charge in [0.25, 0.3) is 5.91 Å². The first-order valence-electron chi connectivity index (χ1n) is 6.49. The van der Waals surface area contributed by atoms with Gasteiger partial charge in [0.15, 0.2) is 0 Å². The van der Waals surface area contributed by atoms with Gasteiger partial charge in [0, 0.05) is 12.6 Å². The molecule has 104 valence electrons. The van der Waals surface area contributed by atoms with E-state index in [0.717, 1.165) is 29.7 Å². The van der Waals surface area contributed by atoms with E-state index in [1.54, 1.807) is 0 Å². The number of aromatic nitrogens is 2. The van der Waals surface area contributed by atoms with E-state index >= 15 is 0 Å². The lowest BCUT2D eigenvalue weighted by Gasteiger charge is -2.21. The van der Waals surface area contributed by atoms with Gasteiger partial charge >= 0.3 is 0 Å². The van der Waals surface area contributed by atoms with Crippen molar-refractivity contribution in [1.82, 2.24) is 15.1 Å². The van der Waals surface area contributed by atoms with Gasteiger partial charge in [-0.1, -0.05) is 41.2 Å². The highest BCUT2D eigenvalue weighted by Crippen LogP contribution is 2.30. The van der Waals surface area contributed by atoms with Crippen molar-refractivity contribution in [3.05, 3.63) is 44.9 Å². The first-order chi connectivity index (χ1) is 9.63. The van der Waals surface area contributed by atoms with Crippen LogP contribution in [0, 0.1) is 6.92 Å². The molecular weight excluding hydrogens is 294 g/mol. The molecule has 4 nitrogen and oxygen atoms in total. The molecule has 0 N–H and O–H groups in total. The van der Waals surface area contributed by atoms with Crippen LogP contribution in [0.4, 0.5) is 0 Å². The monoisotopic (exact) mass is 307 g/mol. The van der Waals surface area contributed by atoms with Crippen LogP contribution in [0.15, 0.2) is 24.3 Å². The van der Waals surface area contributed by atoms with Gasteiger partial charge in [-0.3, -0.25) is 4.79 Å². The first-order valence-corrected chi connectivity index (χ1v) is 7.68. The van der Waals surface area contributed by atoms with Gasteiger partial charge in [-0.2, -0.15) is 0 Å². The molecule has 1 saturated carbocycles. The molecule has 0 unspecified atom stereocenters. The SMILES string of the molecule is Cc1ccc(CN(C(=O)c2nnc(Cl)s2)C2CC2)cc1. The number of halogens is 1. The van der Waals surface area contributed by atoms with Crippen LogP contribution in [0.5, 0.6) is 0 Å². The Morgan fingerprint density at radius 1 is 1.35 bits per heavy atom. The van der Waals surface area contributed by atoms with Crippen LogP contribution in [-0.4, -0.2) is 27.0 Å². The van der Waals surface area contributed by atoms with Gasteiger partial charge in [0.2, 0.25) is 9.47 Å². The second kappa shape index (κ2) is 5.50. The molecule has 1 aromatic carbocycles. The maximum absolute atomic E-state index is 12.5. The van der Waals surface area contributed by atoms with Crippen LogP contribution in [0.25, 0.3) is 0 Å². The van der Waals surface area contributed by atoms with E-state index in [4.69, 9.17) is 11.6 Å². The van der Waals surface area contributed by atoms with Crippen molar-refractivity contribution >= 4 is 28.8 Å². The molecule has 0 saturated heterocycles. The molecule has 0 bridgehead atoms. The molecule has 1 aliphatic carbocycles. The Labute approximate surface area is 126 Å². The minimum Gasteiger partial charge on any atom is -0.329 e. The molecule has 3 rings (SSSR count). The maximum Gasteiger partial charge on any atom is 0.285 e. The van der Waals surface area contributed by atoms with Crippen molar-refractivity contribution in [3.63, 3.8) is 0 Å². The topological polar surface area (TPSA) is 46.1 Å². The lowest BCUT2D eigenvalue weighted by molar-refractivity contribution is 0.0728. The van der Waals surface area contributed by atoms with Gasteiger partial charge in [-0.25, -0.2) is 0 Å². The second-order valence-electron chi connectivity index (χ2n) is 5.01. The van der Waals surface area contributed by atoms with Crippen molar-refractivity contribution in [2.24, 2.45) is 0 Å². The third-order valence-electron chi connectivity index (χ3n) is 3.31. The smallest absolute Gasteiger partial charge is 0.285 e. The Balaban J connectivity index is 1.79. The van der Waals surface area contributed by atoms with E-state index in [1.807, 2.05) is 4.90 Å². The Morgan fingerprint density at radius 2 is 2.05 bits per heavy atom. The van der Waals surface area contributed by atoms with Gasteiger partial charge in [0.1, 0.15) is 0 Å². The van der Waals surface area contributed by atoms with E-state index in [1.165, 1.54) is 5.56 Å². The average Bonchev–Trinajstić information content (AvgIpc) is 3.19. The zero-order valence-corrected chi connectivity index (χ0v) is 12.6. The molecule has 1 amide bonds. The quantitative estimate of drug-likeness (QED) is 0.870. The van der Waals surface area contributed by atoms with E-state index in [2.05, 4.69) is 41.4 Å². The lowest BCUT2D eigenvalue weighted by atomic mass is 10.1. The molecule has 1 heterocycles. The second-order valence-corrected chi connectivity index (χ2v) is 6.57. The van der Waals surface area contributed by atoms with Crippen LogP contribution in [0.3, 0.4) is 0 Å². The van der Waals surface area contributed by atoms with Crippen molar-refractivity contribution in [2.45, 2.75) is 32.4 Å². The van der Waals surface area contributed by atoms with Crippen LogP contribution in [0.2, 0.25) is 4.47 Å². The fourth-order valence-corrected chi connectivity index (χ4v) is 2.84. The molecule has 1 fully saturated rings. The number of amides is 1. The molecular formula is C14H14ClN3OS. The zero-order chi connectivity index (χ0) is 14.1. The van der Waals surface area contributed by atoms with Crippen molar-refractivity contribution < 1.29 is 4.79 Å². The molecule has 1 aliphatic rings. The van der Waals surface area contributed by atoms with E-state index in [0.29, 0.717) is 22.1 Å². The van der Waals surface area contributed by atoms with Gasteiger partial charge in [-0.15, -0.1) is 10.2 Å². The third kappa shape index (κ3) is 2.99. The minimum atomic E-state index is -0.0718. The summed E-state index contributed by atoms with van der Waals surface area (Å²) in [6, 6.07) is 8.57. The predicted octanol–water partition coefficient (Wildman–Crippen LogP) is 3.30. The summed E-state index contributed by atoms with van der Waals surface area (Å²) in [6.07, 6.45) is 2.12. The highest BCUT2D eigenvalue weighted by Gasteiger charge is 2.34.